The molecule has 0 aliphatic heterocycles. The SMILES string of the molecule is CN(C)CCC(NC(=O)CCc1ccc(C(F)(F)F)cc1)c1ccc2ccccc2c1.Cl. The molecule has 1 atom stereocenters. The molecule has 3 nitrogen and oxygen atoms in total. The highest BCUT2D eigenvalue weighted by molar-refractivity contribution is 5.85. The van der Waals surface area contributed by atoms with Crippen LogP contribution < -0.4 is 5.32 Å². The first kappa shape index (κ1) is 25.7. The van der Waals surface area contributed by atoms with Gasteiger partial charge in [-0.05, 0) is 73.6 Å². The summed E-state index contributed by atoms with van der Waals surface area (Å²) in [5.74, 6) is -0.114. The highest BCUT2D eigenvalue weighted by Crippen LogP contribution is 2.29. The first-order valence-electron chi connectivity index (χ1n) is 10.3. The Morgan fingerprint density at radius 3 is 2.25 bits per heavy atom. The number of benzene rings is 3. The van der Waals surface area contributed by atoms with Crippen LogP contribution in [0.25, 0.3) is 10.8 Å². The van der Waals surface area contributed by atoms with Gasteiger partial charge in [-0.25, -0.2) is 0 Å². The third kappa shape index (κ3) is 7.24. The van der Waals surface area contributed by atoms with E-state index in [9.17, 15) is 18.0 Å². The number of carbonyl (C=O) groups is 1. The van der Waals surface area contributed by atoms with E-state index in [1.165, 1.54) is 12.1 Å². The summed E-state index contributed by atoms with van der Waals surface area (Å²) in [7, 11) is 3.98. The van der Waals surface area contributed by atoms with E-state index >= 15 is 0 Å². The molecule has 1 N–H and O–H groups in total. The number of rotatable bonds is 8. The Hall–Kier alpha value is -2.57. The Kier molecular flexibility index (Phi) is 9.10. The molecule has 0 aliphatic carbocycles. The van der Waals surface area contributed by atoms with Crippen molar-refractivity contribution in [3.05, 3.63) is 83.4 Å². The van der Waals surface area contributed by atoms with Gasteiger partial charge < -0.3 is 10.2 Å². The summed E-state index contributed by atoms with van der Waals surface area (Å²) >= 11 is 0. The lowest BCUT2D eigenvalue weighted by Crippen LogP contribution is -2.31. The van der Waals surface area contributed by atoms with E-state index < -0.39 is 11.7 Å². The number of hydrogen-bond donors (Lipinski definition) is 1. The maximum Gasteiger partial charge on any atom is 0.416 e. The number of fused-ring (bicyclic) bond motifs is 1. The number of halogens is 4. The molecule has 0 saturated heterocycles. The zero-order valence-electron chi connectivity index (χ0n) is 18.2. The molecule has 1 amide bonds. The van der Waals surface area contributed by atoms with Crippen LogP contribution in [0.2, 0.25) is 0 Å². The number of hydrogen-bond acceptors (Lipinski definition) is 2. The van der Waals surface area contributed by atoms with Crippen LogP contribution in [0.3, 0.4) is 0 Å². The van der Waals surface area contributed by atoms with Crippen LogP contribution in [-0.4, -0.2) is 31.4 Å². The highest BCUT2D eigenvalue weighted by Gasteiger charge is 2.29. The molecule has 3 aromatic carbocycles. The Morgan fingerprint density at radius 2 is 1.62 bits per heavy atom. The van der Waals surface area contributed by atoms with Crippen LogP contribution in [-0.2, 0) is 17.4 Å². The lowest BCUT2D eigenvalue weighted by Gasteiger charge is -2.22. The van der Waals surface area contributed by atoms with Gasteiger partial charge in [0.15, 0.2) is 0 Å². The molecular weight excluding hydrogens is 437 g/mol. The van der Waals surface area contributed by atoms with Gasteiger partial charge in [-0.15, -0.1) is 12.4 Å². The second-order valence-corrected chi connectivity index (χ2v) is 8.01. The minimum absolute atomic E-state index is 0. The molecule has 0 heterocycles. The molecule has 1 unspecified atom stereocenters. The fourth-order valence-corrected chi connectivity index (χ4v) is 3.52. The fraction of sp³-hybridized carbons (Fsp3) is 0.320. The summed E-state index contributed by atoms with van der Waals surface area (Å²) in [6.45, 7) is 0.816. The Balaban J connectivity index is 0.00000363. The van der Waals surface area contributed by atoms with Crippen LogP contribution in [0.15, 0.2) is 66.7 Å². The molecule has 3 aromatic rings. The van der Waals surface area contributed by atoms with Gasteiger partial charge in [-0.2, -0.15) is 13.2 Å². The summed E-state index contributed by atoms with van der Waals surface area (Å²) in [4.78, 5) is 14.7. The molecular formula is C25H28ClF3N2O. The number of aryl methyl sites for hydroxylation is 1. The van der Waals surface area contributed by atoms with Crippen LogP contribution in [0, 0.1) is 0 Å². The van der Waals surface area contributed by atoms with Gasteiger partial charge in [0.2, 0.25) is 5.91 Å². The molecule has 0 saturated carbocycles. The summed E-state index contributed by atoms with van der Waals surface area (Å²) in [6, 6.07) is 19.1. The molecule has 3 rings (SSSR count). The zero-order valence-corrected chi connectivity index (χ0v) is 19.0. The van der Waals surface area contributed by atoms with E-state index in [2.05, 4.69) is 28.4 Å². The fourth-order valence-electron chi connectivity index (χ4n) is 3.52. The van der Waals surface area contributed by atoms with E-state index in [0.717, 1.165) is 41.4 Å². The van der Waals surface area contributed by atoms with Crippen molar-refractivity contribution in [3.8, 4) is 0 Å². The van der Waals surface area contributed by atoms with E-state index in [1.807, 2.05) is 38.4 Å². The minimum atomic E-state index is -4.35. The van der Waals surface area contributed by atoms with Crippen LogP contribution in [0.5, 0.6) is 0 Å². The van der Waals surface area contributed by atoms with E-state index in [-0.39, 0.29) is 30.8 Å². The average molecular weight is 465 g/mol. The van der Waals surface area contributed by atoms with Gasteiger partial charge >= 0.3 is 6.18 Å². The highest BCUT2D eigenvalue weighted by atomic mass is 35.5. The topological polar surface area (TPSA) is 32.3 Å². The summed E-state index contributed by atoms with van der Waals surface area (Å²) in [6.07, 6.45) is -2.98. The lowest BCUT2D eigenvalue weighted by atomic mass is 9.99. The van der Waals surface area contributed by atoms with E-state index in [1.54, 1.807) is 0 Å². The number of amides is 1. The summed E-state index contributed by atoms with van der Waals surface area (Å²) in [5, 5.41) is 5.38. The van der Waals surface area contributed by atoms with Crippen molar-refractivity contribution in [2.24, 2.45) is 0 Å². The molecule has 0 spiro atoms. The number of nitrogens with one attached hydrogen (secondary N) is 1. The second-order valence-electron chi connectivity index (χ2n) is 8.01. The first-order chi connectivity index (χ1) is 14.7. The lowest BCUT2D eigenvalue weighted by molar-refractivity contribution is -0.137. The molecule has 0 aromatic heterocycles. The smallest absolute Gasteiger partial charge is 0.349 e. The van der Waals surface area contributed by atoms with Gasteiger partial charge in [0.1, 0.15) is 0 Å². The maximum absolute atomic E-state index is 12.7. The van der Waals surface area contributed by atoms with Crippen LogP contribution >= 0.6 is 12.4 Å². The maximum atomic E-state index is 12.7. The van der Waals surface area contributed by atoms with Crippen molar-refractivity contribution in [1.29, 1.82) is 0 Å². The Labute approximate surface area is 193 Å². The quantitative estimate of drug-likeness (QED) is 0.442. The predicted molar refractivity (Wildman–Crippen MR) is 125 cm³/mol. The Morgan fingerprint density at radius 1 is 0.969 bits per heavy atom. The van der Waals surface area contributed by atoms with Crippen molar-refractivity contribution >= 4 is 29.1 Å². The van der Waals surface area contributed by atoms with Crippen molar-refractivity contribution in [3.63, 3.8) is 0 Å². The molecule has 32 heavy (non-hydrogen) atoms. The zero-order chi connectivity index (χ0) is 22.4. The van der Waals surface area contributed by atoms with Gasteiger partial charge in [-0.1, -0.05) is 48.5 Å². The number of nitrogens with zero attached hydrogens (tertiary/aromatic N) is 1. The molecule has 0 aliphatic rings. The third-order valence-corrected chi connectivity index (χ3v) is 5.30. The van der Waals surface area contributed by atoms with Crippen LogP contribution in [0.4, 0.5) is 13.2 Å². The monoisotopic (exact) mass is 464 g/mol. The third-order valence-electron chi connectivity index (χ3n) is 5.30. The summed E-state index contributed by atoms with van der Waals surface area (Å²) in [5.41, 5.74) is 1.07. The normalized spacial score (nSPS) is 12.4. The van der Waals surface area contributed by atoms with Gasteiger partial charge in [0, 0.05) is 6.42 Å². The summed E-state index contributed by atoms with van der Waals surface area (Å²) < 4.78 is 38.1. The molecule has 0 radical (unpaired) electrons. The number of alkyl halides is 3. The molecule has 0 fully saturated rings. The van der Waals surface area contributed by atoms with Crippen molar-refractivity contribution < 1.29 is 18.0 Å². The minimum Gasteiger partial charge on any atom is -0.349 e. The van der Waals surface area contributed by atoms with E-state index in [4.69, 9.17) is 0 Å². The predicted octanol–water partition coefficient (Wildman–Crippen LogP) is 6.02. The average Bonchev–Trinajstić information content (AvgIpc) is 2.74. The van der Waals surface area contributed by atoms with Crippen molar-refractivity contribution in [2.45, 2.75) is 31.5 Å². The van der Waals surface area contributed by atoms with Gasteiger partial charge in [-0.3, -0.25) is 4.79 Å². The van der Waals surface area contributed by atoms with E-state index in [0.29, 0.717) is 12.0 Å². The Bertz CT molecular complexity index is 1020. The largest absolute Gasteiger partial charge is 0.416 e. The molecule has 7 heteroatoms. The second kappa shape index (κ2) is 11.3. The van der Waals surface area contributed by atoms with Gasteiger partial charge in [0.05, 0.1) is 11.6 Å². The van der Waals surface area contributed by atoms with Crippen molar-refractivity contribution in [1.82, 2.24) is 10.2 Å². The molecule has 172 valence electrons. The van der Waals surface area contributed by atoms with Crippen LogP contribution in [0.1, 0.15) is 35.6 Å². The number of carbonyl (C=O) groups excluding carboxylic acids is 1. The molecule has 0 bridgehead atoms. The van der Waals surface area contributed by atoms with Crippen molar-refractivity contribution in [2.75, 3.05) is 20.6 Å². The van der Waals surface area contributed by atoms with Gasteiger partial charge in [0.25, 0.3) is 0 Å². The first-order valence-corrected chi connectivity index (χ1v) is 10.3. The standard InChI is InChI=1S/C25H27F3N2O.ClH/c1-30(2)16-15-23(21-11-10-19-5-3-4-6-20(19)17-21)29-24(31)14-9-18-7-12-22(13-8-18)25(26,27)28;/h3-8,10-13,17,23H,9,14-16H2,1-2H3,(H,29,31);1H.